The van der Waals surface area contributed by atoms with E-state index in [9.17, 15) is 5.11 Å². The lowest BCUT2D eigenvalue weighted by molar-refractivity contribution is 0.469. The number of phenols is 1. The highest BCUT2D eigenvalue weighted by Gasteiger charge is 1.98. The molecule has 1 N–H and O–H groups in total. The van der Waals surface area contributed by atoms with E-state index in [1.807, 2.05) is 25.3 Å². The van der Waals surface area contributed by atoms with E-state index in [1.165, 1.54) is 0 Å². The molecule has 0 aliphatic rings. The predicted octanol–water partition coefficient (Wildman–Crippen LogP) is 2.42. The molecule has 54 valence electrons. The highest BCUT2D eigenvalue weighted by molar-refractivity contribution is 7.98. The fraction of sp³-hybridized carbons (Fsp3) is 0.250. The number of benzene rings is 1. The zero-order valence-electron chi connectivity index (χ0n) is 6.09. The van der Waals surface area contributed by atoms with E-state index in [4.69, 9.17) is 0 Å². The van der Waals surface area contributed by atoms with Crippen LogP contribution in [0.2, 0.25) is 0 Å². The number of hydrogen-bond acceptors (Lipinski definition) is 2. The van der Waals surface area contributed by atoms with Crippen LogP contribution < -0.4 is 0 Å². The molecule has 1 aromatic carbocycles. The van der Waals surface area contributed by atoms with Crippen LogP contribution in [0.5, 0.6) is 5.75 Å². The van der Waals surface area contributed by atoms with Crippen LogP contribution in [0.4, 0.5) is 0 Å². The van der Waals surface area contributed by atoms with Crippen molar-refractivity contribution in [3.63, 3.8) is 0 Å². The lowest BCUT2D eigenvalue weighted by Gasteiger charge is -2.02. The first-order valence-electron chi connectivity index (χ1n) is 3.08. The van der Waals surface area contributed by atoms with Crippen molar-refractivity contribution in [2.24, 2.45) is 0 Å². The maximum Gasteiger partial charge on any atom is 0.119 e. The first kappa shape index (κ1) is 7.48. The van der Waals surface area contributed by atoms with E-state index in [0.717, 1.165) is 10.5 Å². The third-order valence-corrected chi connectivity index (χ3v) is 2.36. The Balaban J connectivity index is 3.14. The maximum atomic E-state index is 9.22. The van der Waals surface area contributed by atoms with Crippen molar-refractivity contribution >= 4 is 11.8 Å². The van der Waals surface area contributed by atoms with Crippen molar-refractivity contribution in [2.45, 2.75) is 11.8 Å². The predicted molar refractivity (Wildman–Crippen MR) is 44.6 cm³/mol. The van der Waals surface area contributed by atoms with Gasteiger partial charge >= 0.3 is 0 Å². The topological polar surface area (TPSA) is 20.2 Å². The standard InChI is InChI=1S/C8H10OS/c1-6-7(9)4-3-5-8(6)10-2/h3-5,9H,1-2H3. The van der Waals surface area contributed by atoms with E-state index in [1.54, 1.807) is 17.8 Å². The quantitative estimate of drug-likeness (QED) is 0.627. The molecule has 1 nitrogen and oxygen atoms in total. The van der Waals surface area contributed by atoms with Crippen molar-refractivity contribution in [2.75, 3.05) is 6.26 Å². The minimum absolute atomic E-state index is 0.381. The number of phenolic OH excluding ortho intramolecular Hbond substituents is 1. The van der Waals surface area contributed by atoms with Crippen LogP contribution >= 0.6 is 11.8 Å². The summed E-state index contributed by atoms with van der Waals surface area (Å²) < 4.78 is 0. The summed E-state index contributed by atoms with van der Waals surface area (Å²) >= 11 is 1.65. The van der Waals surface area contributed by atoms with Gasteiger partial charge in [-0.2, -0.15) is 0 Å². The van der Waals surface area contributed by atoms with Gasteiger partial charge in [0.15, 0.2) is 0 Å². The molecule has 0 aliphatic heterocycles. The molecule has 1 aromatic rings. The summed E-state index contributed by atoms with van der Waals surface area (Å²) in [5.74, 6) is 0.381. The van der Waals surface area contributed by atoms with E-state index in [0.29, 0.717) is 5.75 Å². The molecule has 0 saturated carbocycles. The summed E-state index contributed by atoms with van der Waals surface area (Å²) in [5, 5.41) is 9.22. The zero-order valence-corrected chi connectivity index (χ0v) is 6.90. The molecule has 0 spiro atoms. The molecule has 0 fully saturated rings. The SMILES string of the molecule is CSc1cccc(O)c1C. The van der Waals surface area contributed by atoms with Crippen molar-refractivity contribution in [1.29, 1.82) is 0 Å². The molecule has 0 atom stereocenters. The molecule has 0 unspecified atom stereocenters. The molecule has 2 heteroatoms. The summed E-state index contributed by atoms with van der Waals surface area (Å²) in [7, 11) is 0. The average Bonchev–Trinajstić information content (AvgIpc) is 1.95. The second kappa shape index (κ2) is 2.97. The molecule has 1 rings (SSSR count). The average molecular weight is 154 g/mol. The minimum atomic E-state index is 0.381. The Morgan fingerprint density at radius 2 is 2.10 bits per heavy atom. The molecule has 0 aliphatic carbocycles. The molecule has 0 bridgehead atoms. The Bertz CT molecular complexity index is 233. The lowest BCUT2D eigenvalue weighted by atomic mass is 10.2. The second-order valence-corrected chi connectivity index (χ2v) is 2.95. The van der Waals surface area contributed by atoms with Crippen molar-refractivity contribution in [1.82, 2.24) is 0 Å². The maximum absolute atomic E-state index is 9.22. The number of rotatable bonds is 1. The van der Waals surface area contributed by atoms with Gasteiger partial charge in [-0.3, -0.25) is 0 Å². The number of thioether (sulfide) groups is 1. The Kier molecular flexibility index (Phi) is 2.22. The van der Waals surface area contributed by atoms with Gasteiger partial charge in [-0.05, 0) is 25.3 Å². The Hall–Kier alpha value is -0.630. The highest BCUT2D eigenvalue weighted by Crippen LogP contribution is 2.26. The van der Waals surface area contributed by atoms with Gasteiger partial charge in [0, 0.05) is 10.5 Å². The fourth-order valence-corrected chi connectivity index (χ4v) is 1.45. The molecule has 0 heterocycles. The van der Waals surface area contributed by atoms with Gasteiger partial charge in [0.25, 0.3) is 0 Å². The summed E-state index contributed by atoms with van der Waals surface area (Å²) in [4.78, 5) is 1.14. The van der Waals surface area contributed by atoms with Crippen LogP contribution in [-0.2, 0) is 0 Å². The van der Waals surface area contributed by atoms with Crippen LogP contribution in [0, 0.1) is 6.92 Å². The van der Waals surface area contributed by atoms with Crippen LogP contribution in [0.25, 0.3) is 0 Å². The third-order valence-electron chi connectivity index (χ3n) is 1.48. The lowest BCUT2D eigenvalue weighted by Crippen LogP contribution is -1.77. The minimum Gasteiger partial charge on any atom is -0.508 e. The number of hydrogen-bond donors (Lipinski definition) is 1. The zero-order chi connectivity index (χ0) is 7.56. The smallest absolute Gasteiger partial charge is 0.119 e. The monoisotopic (exact) mass is 154 g/mol. The van der Waals surface area contributed by atoms with Crippen LogP contribution in [0.15, 0.2) is 23.1 Å². The van der Waals surface area contributed by atoms with E-state index in [-0.39, 0.29) is 0 Å². The van der Waals surface area contributed by atoms with Crippen molar-refractivity contribution in [3.8, 4) is 5.75 Å². The number of aromatic hydroxyl groups is 1. The fourth-order valence-electron chi connectivity index (χ4n) is 0.824. The van der Waals surface area contributed by atoms with Gasteiger partial charge in [-0.25, -0.2) is 0 Å². The van der Waals surface area contributed by atoms with Gasteiger partial charge in [-0.1, -0.05) is 6.07 Å². The molecule has 0 radical (unpaired) electrons. The molecule has 10 heavy (non-hydrogen) atoms. The Morgan fingerprint density at radius 3 is 2.60 bits per heavy atom. The van der Waals surface area contributed by atoms with Gasteiger partial charge < -0.3 is 5.11 Å². The van der Waals surface area contributed by atoms with Crippen molar-refractivity contribution < 1.29 is 5.11 Å². The normalized spacial score (nSPS) is 9.80. The van der Waals surface area contributed by atoms with Gasteiger partial charge in [-0.15, -0.1) is 11.8 Å². The van der Waals surface area contributed by atoms with Gasteiger partial charge in [0.2, 0.25) is 0 Å². The van der Waals surface area contributed by atoms with Gasteiger partial charge in [0.1, 0.15) is 5.75 Å². The summed E-state index contributed by atoms with van der Waals surface area (Å²) in [5.41, 5.74) is 0.968. The summed E-state index contributed by atoms with van der Waals surface area (Å²) in [6.45, 7) is 1.92. The summed E-state index contributed by atoms with van der Waals surface area (Å²) in [6, 6.07) is 5.56. The first-order valence-corrected chi connectivity index (χ1v) is 4.30. The second-order valence-electron chi connectivity index (χ2n) is 2.10. The Labute approximate surface area is 65.1 Å². The molecule has 0 saturated heterocycles. The highest BCUT2D eigenvalue weighted by atomic mass is 32.2. The van der Waals surface area contributed by atoms with Crippen LogP contribution in [0.1, 0.15) is 5.56 Å². The largest absolute Gasteiger partial charge is 0.508 e. The molecule has 0 aromatic heterocycles. The van der Waals surface area contributed by atoms with Crippen molar-refractivity contribution in [3.05, 3.63) is 23.8 Å². The van der Waals surface area contributed by atoms with E-state index >= 15 is 0 Å². The van der Waals surface area contributed by atoms with Gasteiger partial charge in [0.05, 0.1) is 0 Å². The Morgan fingerprint density at radius 1 is 1.40 bits per heavy atom. The third kappa shape index (κ3) is 1.27. The van der Waals surface area contributed by atoms with E-state index < -0.39 is 0 Å². The summed E-state index contributed by atoms with van der Waals surface area (Å²) in [6.07, 6.45) is 2.00. The first-order chi connectivity index (χ1) is 4.75. The molecular formula is C8H10OS. The van der Waals surface area contributed by atoms with E-state index in [2.05, 4.69) is 0 Å². The van der Waals surface area contributed by atoms with Crippen LogP contribution in [0.3, 0.4) is 0 Å². The molecular weight excluding hydrogens is 144 g/mol. The van der Waals surface area contributed by atoms with Crippen LogP contribution in [-0.4, -0.2) is 11.4 Å². The molecule has 0 amide bonds.